The fraction of sp³-hybridized carbons (Fsp3) is 0.286. The van der Waals surface area contributed by atoms with Gasteiger partial charge >= 0.3 is 0 Å². The molecule has 0 aromatic heterocycles. The molecule has 0 unspecified atom stereocenters. The zero-order valence-electron chi connectivity index (χ0n) is 16.2. The minimum absolute atomic E-state index is 0.0850. The van der Waals surface area contributed by atoms with Crippen LogP contribution in [0.3, 0.4) is 0 Å². The van der Waals surface area contributed by atoms with Crippen molar-refractivity contribution < 1.29 is 18.7 Å². The lowest BCUT2D eigenvalue weighted by Gasteiger charge is -2.16. The molecule has 2 aromatic carbocycles. The number of rotatable bonds is 6. The number of hydrogen-bond acceptors (Lipinski definition) is 5. The Balaban J connectivity index is 1.66. The number of halogens is 1. The maximum absolute atomic E-state index is 13.1. The average molecular weight is 415 g/mol. The number of imide groups is 1. The molecule has 0 spiro atoms. The minimum atomic E-state index is -0.579. The van der Waals surface area contributed by atoms with E-state index in [0.717, 1.165) is 6.42 Å². The van der Waals surface area contributed by atoms with Crippen molar-refractivity contribution in [3.8, 4) is 5.75 Å². The number of benzene rings is 2. The van der Waals surface area contributed by atoms with Crippen molar-refractivity contribution in [2.75, 3.05) is 23.9 Å². The van der Waals surface area contributed by atoms with Gasteiger partial charge in [-0.05, 0) is 55.0 Å². The third kappa shape index (κ3) is 5.14. The van der Waals surface area contributed by atoms with Gasteiger partial charge in [0.2, 0.25) is 11.8 Å². The van der Waals surface area contributed by atoms with Crippen LogP contribution in [0, 0.1) is 5.82 Å². The lowest BCUT2D eigenvalue weighted by molar-refractivity contribution is -0.121. The molecule has 8 heteroatoms. The number of nitrogens with one attached hydrogen (secondary N) is 1. The third-order valence-electron chi connectivity index (χ3n) is 4.23. The Kier molecular flexibility index (Phi) is 6.87. The number of ether oxygens (including phenoxy) is 1. The van der Waals surface area contributed by atoms with Crippen molar-refractivity contribution in [3.63, 3.8) is 0 Å². The Bertz CT molecular complexity index is 900. The van der Waals surface area contributed by atoms with E-state index >= 15 is 0 Å². The molecule has 0 radical (unpaired) electrons. The summed E-state index contributed by atoms with van der Waals surface area (Å²) in [4.78, 5) is 30.7. The fourth-order valence-corrected chi connectivity index (χ4v) is 3.79. The minimum Gasteiger partial charge on any atom is -0.494 e. The molecule has 1 heterocycles. The summed E-state index contributed by atoms with van der Waals surface area (Å²) in [7, 11) is 1.59. The van der Waals surface area contributed by atoms with Gasteiger partial charge in [-0.1, -0.05) is 18.7 Å². The first-order chi connectivity index (χ1) is 14.0. The van der Waals surface area contributed by atoms with Gasteiger partial charge in [0.25, 0.3) is 0 Å². The Morgan fingerprint density at radius 1 is 1.21 bits per heavy atom. The molecule has 0 aliphatic carbocycles. The normalized spacial score (nSPS) is 17.0. The lowest BCUT2D eigenvalue weighted by Crippen LogP contribution is -2.31. The van der Waals surface area contributed by atoms with Gasteiger partial charge in [-0.3, -0.25) is 14.6 Å². The number of amides is 2. The summed E-state index contributed by atoms with van der Waals surface area (Å²) in [5, 5.41) is 2.95. The summed E-state index contributed by atoms with van der Waals surface area (Å²) in [6.45, 7) is 2.63. The third-order valence-corrected chi connectivity index (χ3v) is 5.39. The number of carbonyl (C=O) groups excluding carboxylic acids is 2. The lowest BCUT2D eigenvalue weighted by atomic mass is 10.3. The van der Waals surface area contributed by atoms with Gasteiger partial charge in [-0.2, -0.15) is 0 Å². The molecule has 3 rings (SSSR count). The Morgan fingerprint density at radius 3 is 2.52 bits per heavy atom. The molecular weight excluding hydrogens is 393 g/mol. The van der Waals surface area contributed by atoms with E-state index in [1.807, 2.05) is 6.92 Å². The van der Waals surface area contributed by atoms with Gasteiger partial charge in [-0.25, -0.2) is 9.29 Å². The van der Waals surface area contributed by atoms with Gasteiger partial charge in [0.15, 0.2) is 5.17 Å². The second-order valence-electron chi connectivity index (χ2n) is 6.38. The first-order valence-electron chi connectivity index (χ1n) is 9.27. The maximum Gasteiger partial charge on any atom is 0.247 e. The van der Waals surface area contributed by atoms with Gasteiger partial charge in [0, 0.05) is 19.2 Å². The molecule has 2 aromatic rings. The van der Waals surface area contributed by atoms with Crippen molar-refractivity contribution in [1.82, 2.24) is 0 Å². The van der Waals surface area contributed by atoms with Gasteiger partial charge < -0.3 is 10.1 Å². The number of thioether (sulfide) groups is 1. The number of carbonyl (C=O) groups is 2. The Morgan fingerprint density at radius 2 is 1.90 bits per heavy atom. The van der Waals surface area contributed by atoms with E-state index < -0.39 is 5.25 Å². The largest absolute Gasteiger partial charge is 0.494 e. The zero-order chi connectivity index (χ0) is 20.8. The topological polar surface area (TPSA) is 71.0 Å². The zero-order valence-corrected chi connectivity index (χ0v) is 17.0. The Hall–Kier alpha value is -2.87. The highest BCUT2D eigenvalue weighted by atomic mass is 32.2. The van der Waals surface area contributed by atoms with Crippen LogP contribution in [0.5, 0.6) is 5.75 Å². The van der Waals surface area contributed by atoms with E-state index in [1.54, 1.807) is 43.4 Å². The van der Waals surface area contributed by atoms with E-state index in [-0.39, 0.29) is 24.1 Å². The first kappa shape index (κ1) is 20.9. The number of anilines is 2. The molecule has 1 atom stereocenters. The van der Waals surface area contributed by atoms with E-state index in [0.29, 0.717) is 28.9 Å². The summed E-state index contributed by atoms with van der Waals surface area (Å²) in [5.41, 5.74) is 1.17. The highest BCUT2D eigenvalue weighted by molar-refractivity contribution is 8.15. The first-order valence-corrected chi connectivity index (χ1v) is 10.2. The molecule has 1 N–H and O–H groups in total. The quantitative estimate of drug-likeness (QED) is 0.437. The van der Waals surface area contributed by atoms with Gasteiger partial charge in [0.1, 0.15) is 16.8 Å². The molecule has 2 amide bonds. The molecule has 1 aliphatic heterocycles. The average Bonchev–Trinajstić information content (AvgIpc) is 3.01. The highest BCUT2D eigenvalue weighted by Crippen LogP contribution is 2.31. The smallest absolute Gasteiger partial charge is 0.247 e. The highest BCUT2D eigenvalue weighted by Gasteiger charge is 2.40. The van der Waals surface area contributed by atoms with Crippen molar-refractivity contribution >= 4 is 40.1 Å². The molecule has 0 bridgehead atoms. The van der Waals surface area contributed by atoms with E-state index in [2.05, 4.69) is 10.3 Å². The molecule has 152 valence electrons. The maximum atomic E-state index is 13.1. The van der Waals surface area contributed by atoms with Crippen molar-refractivity contribution in [3.05, 3.63) is 54.3 Å². The molecule has 6 nitrogen and oxygen atoms in total. The van der Waals surface area contributed by atoms with Crippen molar-refractivity contribution in [1.29, 1.82) is 0 Å². The van der Waals surface area contributed by atoms with Gasteiger partial charge in [0.05, 0.1) is 12.3 Å². The Labute approximate surface area is 173 Å². The SMILES string of the molecule is CCCOc1ccc(N2C(=O)C[C@H](SC(=NC)Nc3ccc(F)cc3)C2=O)cc1. The number of nitrogens with zero attached hydrogens (tertiary/aromatic N) is 2. The van der Waals surface area contributed by atoms with Crippen LogP contribution in [0.4, 0.5) is 15.8 Å². The molecule has 1 aliphatic rings. The molecular formula is C21H22FN3O3S. The van der Waals surface area contributed by atoms with Crippen LogP contribution >= 0.6 is 11.8 Å². The summed E-state index contributed by atoms with van der Waals surface area (Å²) >= 11 is 1.18. The van der Waals surface area contributed by atoms with Crippen molar-refractivity contribution in [2.24, 2.45) is 4.99 Å². The van der Waals surface area contributed by atoms with E-state index in [9.17, 15) is 14.0 Å². The fourth-order valence-electron chi connectivity index (χ4n) is 2.81. The monoisotopic (exact) mass is 415 g/mol. The van der Waals surface area contributed by atoms with Crippen LogP contribution in [-0.4, -0.2) is 35.9 Å². The number of hydrogen-bond donors (Lipinski definition) is 1. The summed E-state index contributed by atoms with van der Waals surface area (Å²) in [6.07, 6.45) is 0.985. The predicted molar refractivity (Wildman–Crippen MR) is 114 cm³/mol. The van der Waals surface area contributed by atoms with Crippen LogP contribution in [0.15, 0.2) is 53.5 Å². The molecule has 1 saturated heterocycles. The summed E-state index contributed by atoms with van der Waals surface area (Å²) < 4.78 is 18.6. The predicted octanol–water partition coefficient (Wildman–Crippen LogP) is 4.08. The molecule has 29 heavy (non-hydrogen) atoms. The standard InChI is InChI=1S/C21H22FN3O3S/c1-3-12-28-17-10-8-16(9-11-17)25-19(26)13-18(20(25)27)29-21(23-2)24-15-6-4-14(22)5-7-15/h4-11,18H,3,12-13H2,1-2H3,(H,23,24)/t18-/m0/s1. The van der Waals surface area contributed by atoms with Gasteiger partial charge in [-0.15, -0.1) is 0 Å². The summed E-state index contributed by atoms with van der Waals surface area (Å²) in [5.74, 6) is -0.183. The van der Waals surface area contributed by atoms with Crippen LogP contribution in [0.25, 0.3) is 0 Å². The second kappa shape index (κ2) is 9.56. The van der Waals surface area contributed by atoms with Crippen LogP contribution in [0.1, 0.15) is 19.8 Å². The number of amidine groups is 1. The van der Waals surface area contributed by atoms with Crippen LogP contribution in [-0.2, 0) is 9.59 Å². The van der Waals surface area contributed by atoms with Crippen LogP contribution < -0.4 is 15.0 Å². The summed E-state index contributed by atoms with van der Waals surface area (Å²) in [6, 6.07) is 12.7. The van der Waals surface area contributed by atoms with Crippen molar-refractivity contribution in [2.45, 2.75) is 25.0 Å². The molecule has 0 saturated carbocycles. The van der Waals surface area contributed by atoms with E-state index in [1.165, 1.54) is 28.8 Å². The van der Waals surface area contributed by atoms with E-state index in [4.69, 9.17) is 4.74 Å². The number of aliphatic imine (C=N–C) groups is 1. The molecule has 1 fully saturated rings. The van der Waals surface area contributed by atoms with Crippen LogP contribution in [0.2, 0.25) is 0 Å². The second-order valence-corrected chi connectivity index (χ2v) is 7.57.